The van der Waals surface area contributed by atoms with Crippen molar-refractivity contribution in [1.82, 2.24) is 4.57 Å². The zero-order valence-electron chi connectivity index (χ0n) is 9.58. The third-order valence-electron chi connectivity index (χ3n) is 2.80. The molecule has 0 aliphatic carbocycles. The lowest BCUT2D eigenvalue weighted by atomic mass is 10.1. The molecule has 16 heavy (non-hydrogen) atoms. The molecule has 0 radical (unpaired) electrons. The van der Waals surface area contributed by atoms with Gasteiger partial charge >= 0.3 is 5.97 Å². The van der Waals surface area contributed by atoms with Crippen LogP contribution < -0.4 is 4.74 Å². The minimum Gasteiger partial charge on any atom is -0.424 e. The van der Waals surface area contributed by atoms with Crippen molar-refractivity contribution in [1.29, 1.82) is 0 Å². The fourth-order valence-electron chi connectivity index (χ4n) is 2.21. The quantitative estimate of drug-likeness (QED) is 0.566. The van der Waals surface area contributed by atoms with Gasteiger partial charge in [-0.1, -0.05) is 0 Å². The van der Waals surface area contributed by atoms with Crippen LogP contribution in [-0.4, -0.2) is 16.3 Å². The number of nitrogens with zero attached hydrogens (tertiary/aromatic N) is 1. The van der Waals surface area contributed by atoms with Gasteiger partial charge in [0.25, 0.3) is 0 Å². The molecular formula is C12H15NO3. The highest BCUT2D eigenvalue weighted by atomic mass is 16.5. The van der Waals surface area contributed by atoms with E-state index in [9.17, 15) is 9.59 Å². The summed E-state index contributed by atoms with van der Waals surface area (Å²) in [5.41, 5.74) is 1.62. The molecule has 0 unspecified atom stereocenters. The summed E-state index contributed by atoms with van der Waals surface area (Å²) in [6.07, 6.45) is 3.14. The van der Waals surface area contributed by atoms with Crippen LogP contribution in [0, 0.1) is 0 Å². The molecule has 0 bridgehead atoms. The molecule has 1 aliphatic heterocycles. The molecule has 2 rings (SSSR count). The topological polar surface area (TPSA) is 48.3 Å². The molecule has 0 fully saturated rings. The van der Waals surface area contributed by atoms with Crippen LogP contribution in [0.4, 0.5) is 0 Å². The van der Waals surface area contributed by atoms with Crippen molar-refractivity contribution in [3.05, 3.63) is 17.5 Å². The molecule has 0 aromatic carbocycles. The Morgan fingerprint density at radius 2 is 2.06 bits per heavy atom. The standard InChI is InChI=1S/C12H15NO3/c1-8(14)12-11(16-9(2)15)7-10-5-3-4-6-13(10)12/h7H,3-6H2,1-2H3. The third kappa shape index (κ3) is 1.87. The van der Waals surface area contributed by atoms with Crippen molar-refractivity contribution in [2.24, 2.45) is 0 Å². The highest BCUT2D eigenvalue weighted by Gasteiger charge is 2.22. The number of aryl methyl sites for hydroxylation is 1. The Balaban J connectivity index is 2.47. The van der Waals surface area contributed by atoms with E-state index in [4.69, 9.17) is 4.74 Å². The van der Waals surface area contributed by atoms with Crippen molar-refractivity contribution >= 4 is 11.8 Å². The summed E-state index contributed by atoms with van der Waals surface area (Å²) >= 11 is 0. The molecule has 86 valence electrons. The first-order chi connectivity index (χ1) is 7.59. The molecular weight excluding hydrogens is 206 g/mol. The summed E-state index contributed by atoms with van der Waals surface area (Å²) in [5, 5.41) is 0. The van der Waals surface area contributed by atoms with Crippen LogP contribution in [0.1, 0.15) is 42.9 Å². The summed E-state index contributed by atoms with van der Waals surface area (Å²) in [4.78, 5) is 22.5. The molecule has 4 heteroatoms. The number of carbonyl (C=O) groups is 2. The second-order valence-corrected chi connectivity index (χ2v) is 4.11. The number of ether oxygens (including phenoxy) is 1. The number of rotatable bonds is 2. The van der Waals surface area contributed by atoms with Crippen LogP contribution in [0.25, 0.3) is 0 Å². The van der Waals surface area contributed by atoms with Gasteiger partial charge in [0, 0.05) is 32.2 Å². The Morgan fingerprint density at radius 1 is 1.31 bits per heavy atom. The zero-order valence-corrected chi connectivity index (χ0v) is 9.58. The Kier molecular flexibility index (Phi) is 2.81. The van der Waals surface area contributed by atoms with Gasteiger partial charge in [-0.2, -0.15) is 0 Å². The van der Waals surface area contributed by atoms with E-state index in [0.29, 0.717) is 11.4 Å². The van der Waals surface area contributed by atoms with E-state index >= 15 is 0 Å². The van der Waals surface area contributed by atoms with Crippen LogP contribution in [-0.2, 0) is 17.8 Å². The Hall–Kier alpha value is -1.58. The van der Waals surface area contributed by atoms with Gasteiger partial charge in [0.1, 0.15) is 5.69 Å². The van der Waals surface area contributed by atoms with Crippen molar-refractivity contribution in [3.63, 3.8) is 0 Å². The number of carbonyl (C=O) groups excluding carboxylic acids is 2. The summed E-state index contributed by atoms with van der Waals surface area (Å²) in [6.45, 7) is 3.69. The van der Waals surface area contributed by atoms with Gasteiger partial charge in [-0.3, -0.25) is 9.59 Å². The van der Waals surface area contributed by atoms with E-state index in [1.54, 1.807) is 0 Å². The fraction of sp³-hybridized carbons (Fsp3) is 0.500. The molecule has 2 heterocycles. The van der Waals surface area contributed by atoms with Crippen LogP contribution in [0.3, 0.4) is 0 Å². The van der Waals surface area contributed by atoms with Gasteiger partial charge in [-0.05, 0) is 19.3 Å². The van der Waals surface area contributed by atoms with Crippen LogP contribution in [0.2, 0.25) is 0 Å². The minimum absolute atomic E-state index is 0.0515. The average Bonchev–Trinajstić information content (AvgIpc) is 2.53. The number of aromatic nitrogens is 1. The van der Waals surface area contributed by atoms with E-state index in [1.165, 1.54) is 13.8 Å². The lowest BCUT2D eigenvalue weighted by Crippen LogP contribution is -2.15. The van der Waals surface area contributed by atoms with Gasteiger partial charge in [0.2, 0.25) is 0 Å². The second-order valence-electron chi connectivity index (χ2n) is 4.11. The zero-order chi connectivity index (χ0) is 11.7. The highest BCUT2D eigenvalue weighted by molar-refractivity contribution is 5.96. The number of hydrogen-bond donors (Lipinski definition) is 0. The molecule has 1 aromatic rings. The maximum absolute atomic E-state index is 11.6. The molecule has 1 aromatic heterocycles. The highest BCUT2D eigenvalue weighted by Crippen LogP contribution is 2.29. The van der Waals surface area contributed by atoms with Crippen molar-refractivity contribution < 1.29 is 14.3 Å². The number of esters is 1. The van der Waals surface area contributed by atoms with Gasteiger partial charge < -0.3 is 9.30 Å². The molecule has 0 N–H and O–H groups in total. The molecule has 1 aliphatic rings. The Bertz CT molecular complexity index is 445. The molecule has 0 amide bonds. The summed E-state index contributed by atoms with van der Waals surface area (Å²) in [6, 6.07) is 1.82. The minimum atomic E-state index is -0.384. The SMILES string of the molecule is CC(=O)Oc1cc2n(c1C(C)=O)CCCC2. The first kappa shape index (κ1) is 10.9. The maximum atomic E-state index is 11.6. The normalized spacial score (nSPS) is 14.4. The monoisotopic (exact) mass is 221 g/mol. The van der Waals surface area contributed by atoms with Crippen LogP contribution in [0.15, 0.2) is 6.07 Å². The number of fused-ring (bicyclic) bond motifs is 1. The summed E-state index contributed by atoms with van der Waals surface area (Å²) < 4.78 is 7.06. The molecule has 0 atom stereocenters. The Labute approximate surface area is 94.2 Å². The fourth-order valence-corrected chi connectivity index (χ4v) is 2.21. The average molecular weight is 221 g/mol. The summed E-state index contributed by atoms with van der Waals surface area (Å²) in [7, 11) is 0. The van der Waals surface area contributed by atoms with Crippen molar-refractivity contribution in [2.75, 3.05) is 0 Å². The molecule has 0 saturated heterocycles. The van der Waals surface area contributed by atoms with Crippen molar-refractivity contribution in [3.8, 4) is 5.75 Å². The predicted molar refractivity (Wildman–Crippen MR) is 58.7 cm³/mol. The van der Waals surface area contributed by atoms with Crippen molar-refractivity contribution in [2.45, 2.75) is 39.7 Å². The van der Waals surface area contributed by atoms with Crippen LogP contribution >= 0.6 is 0 Å². The Morgan fingerprint density at radius 3 is 2.69 bits per heavy atom. The predicted octanol–water partition coefficient (Wildman–Crippen LogP) is 1.95. The van der Waals surface area contributed by atoms with Gasteiger partial charge in [0.05, 0.1) is 0 Å². The van der Waals surface area contributed by atoms with E-state index < -0.39 is 0 Å². The van der Waals surface area contributed by atoms with E-state index in [0.717, 1.165) is 31.5 Å². The summed E-state index contributed by atoms with van der Waals surface area (Å²) in [5.74, 6) is -0.0215. The van der Waals surface area contributed by atoms with Gasteiger partial charge in [-0.15, -0.1) is 0 Å². The third-order valence-corrected chi connectivity index (χ3v) is 2.80. The number of Topliss-reactive ketones (excluding diaryl/α,β-unsaturated/α-hetero) is 1. The van der Waals surface area contributed by atoms with Gasteiger partial charge in [-0.25, -0.2) is 0 Å². The van der Waals surface area contributed by atoms with Gasteiger partial charge in [0.15, 0.2) is 11.5 Å². The van der Waals surface area contributed by atoms with E-state index in [2.05, 4.69) is 0 Å². The first-order valence-electron chi connectivity index (χ1n) is 5.51. The smallest absolute Gasteiger partial charge is 0.308 e. The lowest BCUT2D eigenvalue weighted by molar-refractivity contribution is -0.131. The molecule has 4 nitrogen and oxygen atoms in total. The lowest BCUT2D eigenvalue weighted by Gasteiger charge is -2.16. The number of hydrogen-bond acceptors (Lipinski definition) is 3. The largest absolute Gasteiger partial charge is 0.424 e. The molecule has 0 spiro atoms. The second kappa shape index (κ2) is 4.12. The van der Waals surface area contributed by atoms with E-state index in [-0.39, 0.29) is 11.8 Å². The first-order valence-corrected chi connectivity index (χ1v) is 5.51. The number of ketones is 1. The maximum Gasteiger partial charge on any atom is 0.308 e. The van der Waals surface area contributed by atoms with E-state index in [1.807, 2.05) is 10.6 Å². The van der Waals surface area contributed by atoms with Crippen LogP contribution in [0.5, 0.6) is 5.75 Å². The molecule has 0 saturated carbocycles.